The number of benzene rings is 1. The van der Waals surface area contributed by atoms with Gasteiger partial charge in [0.2, 0.25) is 0 Å². The molecule has 3 heteroatoms. The maximum atomic E-state index is 10.6. The van der Waals surface area contributed by atoms with Gasteiger partial charge in [-0.2, -0.15) is 5.10 Å². The molecule has 1 heterocycles. The second kappa shape index (κ2) is 3.46. The van der Waals surface area contributed by atoms with Crippen LogP contribution in [-0.4, -0.2) is 16.1 Å². The van der Waals surface area contributed by atoms with Crippen LogP contribution in [-0.2, 0) is 7.05 Å². The predicted octanol–water partition coefficient (Wildman–Crippen LogP) is 1.90. The zero-order valence-electron chi connectivity index (χ0n) is 7.84. The molecule has 14 heavy (non-hydrogen) atoms. The highest BCUT2D eigenvalue weighted by Gasteiger charge is 2.02. The van der Waals surface area contributed by atoms with E-state index in [0.29, 0.717) is 5.56 Å². The molecule has 2 aromatic rings. The van der Waals surface area contributed by atoms with E-state index in [1.165, 1.54) is 0 Å². The maximum Gasteiger partial charge on any atom is 0.150 e. The monoisotopic (exact) mass is 186 g/mol. The highest BCUT2D eigenvalue weighted by atomic mass is 16.1. The molecule has 0 amide bonds. The van der Waals surface area contributed by atoms with Gasteiger partial charge in [-0.25, -0.2) is 0 Å². The molecule has 0 radical (unpaired) electrons. The van der Waals surface area contributed by atoms with Crippen molar-refractivity contribution >= 4 is 6.29 Å². The lowest BCUT2D eigenvalue weighted by Crippen LogP contribution is -1.93. The molecule has 0 saturated carbocycles. The Morgan fingerprint density at radius 3 is 2.86 bits per heavy atom. The average molecular weight is 186 g/mol. The Labute approximate surface area is 82.0 Å². The van der Waals surface area contributed by atoms with E-state index in [1.54, 1.807) is 16.9 Å². The lowest BCUT2D eigenvalue weighted by molar-refractivity contribution is 0.112. The van der Waals surface area contributed by atoms with Gasteiger partial charge in [0, 0.05) is 24.4 Å². The number of aromatic nitrogens is 2. The molecule has 0 spiro atoms. The minimum absolute atomic E-state index is 0.684. The van der Waals surface area contributed by atoms with Gasteiger partial charge in [-0.05, 0) is 12.1 Å². The molecular weight excluding hydrogens is 176 g/mol. The summed E-state index contributed by atoms with van der Waals surface area (Å²) in [6.45, 7) is 0. The lowest BCUT2D eigenvalue weighted by Gasteiger charge is -2.01. The summed E-state index contributed by atoms with van der Waals surface area (Å²) in [4.78, 5) is 10.6. The molecule has 3 nitrogen and oxygen atoms in total. The van der Waals surface area contributed by atoms with Crippen LogP contribution in [0.1, 0.15) is 10.4 Å². The summed E-state index contributed by atoms with van der Waals surface area (Å²) in [5, 5.41) is 4.08. The predicted molar refractivity (Wildman–Crippen MR) is 54.0 cm³/mol. The van der Waals surface area contributed by atoms with E-state index < -0.39 is 0 Å². The summed E-state index contributed by atoms with van der Waals surface area (Å²) >= 11 is 0. The van der Waals surface area contributed by atoms with Gasteiger partial charge < -0.3 is 0 Å². The van der Waals surface area contributed by atoms with Crippen LogP contribution < -0.4 is 0 Å². The second-order valence-electron chi connectivity index (χ2n) is 3.08. The third-order valence-corrected chi connectivity index (χ3v) is 2.14. The molecule has 1 aromatic heterocycles. The van der Waals surface area contributed by atoms with E-state index in [4.69, 9.17) is 0 Å². The van der Waals surface area contributed by atoms with Crippen molar-refractivity contribution in [2.75, 3.05) is 0 Å². The fourth-order valence-corrected chi connectivity index (χ4v) is 1.43. The number of hydrogen-bond acceptors (Lipinski definition) is 2. The fourth-order valence-electron chi connectivity index (χ4n) is 1.43. The normalized spacial score (nSPS) is 10.1. The Kier molecular flexibility index (Phi) is 2.14. The number of aryl methyl sites for hydroxylation is 1. The number of rotatable bonds is 2. The molecule has 0 saturated heterocycles. The van der Waals surface area contributed by atoms with Crippen LogP contribution >= 0.6 is 0 Å². The highest BCUT2D eigenvalue weighted by Crippen LogP contribution is 2.18. The number of aldehydes is 1. The molecular formula is C11H10N2O. The van der Waals surface area contributed by atoms with E-state index in [-0.39, 0.29) is 0 Å². The number of hydrogen-bond donors (Lipinski definition) is 0. The van der Waals surface area contributed by atoms with Crippen LogP contribution in [0.2, 0.25) is 0 Å². The van der Waals surface area contributed by atoms with Crippen molar-refractivity contribution in [2.45, 2.75) is 0 Å². The van der Waals surface area contributed by atoms with Gasteiger partial charge in [0.05, 0.1) is 5.69 Å². The topological polar surface area (TPSA) is 34.9 Å². The summed E-state index contributed by atoms with van der Waals surface area (Å²) in [6, 6.07) is 9.39. The molecule has 0 aliphatic heterocycles. The molecule has 0 aliphatic rings. The van der Waals surface area contributed by atoms with Crippen LogP contribution in [0.5, 0.6) is 0 Å². The van der Waals surface area contributed by atoms with Crippen LogP contribution in [0.4, 0.5) is 0 Å². The van der Waals surface area contributed by atoms with Gasteiger partial charge in [-0.3, -0.25) is 9.48 Å². The van der Waals surface area contributed by atoms with E-state index in [9.17, 15) is 4.79 Å². The standard InChI is InChI=1S/C11H10N2O/c1-13-11(5-6-12-13)10-4-2-3-9(7-10)8-14/h2-8H,1H3. The second-order valence-corrected chi connectivity index (χ2v) is 3.08. The maximum absolute atomic E-state index is 10.6. The molecule has 0 atom stereocenters. The Bertz CT molecular complexity index is 460. The molecule has 70 valence electrons. The summed E-state index contributed by atoms with van der Waals surface area (Å²) < 4.78 is 1.78. The Hall–Kier alpha value is -1.90. The third kappa shape index (κ3) is 1.44. The summed E-state index contributed by atoms with van der Waals surface area (Å²) in [5.74, 6) is 0. The van der Waals surface area contributed by atoms with Crippen LogP contribution in [0.25, 0.3) is 11.3 Å². The average Bonchev–Trinajstić information content (AvgIpc) is 2.65. The molecule has 0 fully saturated rings. The molecule has 0 unspecified atom stereocenters. The van der Waals surface area contributed by atoms with Gasteiger partial charge in [0.15, 0.2) is 0 Å². The van der Waals surface area contributed by atoms with Gasteiger partial charge in [0.25, 0.3) is 0 Å². The number of carbonyl (C=O) groups excluding carboxylic acids is 1. The largest absolute Gasteiger partial charge is 0.298 e. The van der Waals surface area contributed by atoms with Crippen LogP contribution in [0.3, 0.4) is 0 Å². The van der Waals surface area contributed by atoms with Crippen molar-refractivity contribution in [3.05, 3.63) is 42.1 Å². The van der Waals surface area contributed by atoms with Crippen molar-refractivity contribution in [3.8, 4) is 11.3 Å². The molecule has 0 aliphatic carbocycles. The quantitative estimate of drug-likeness (QED) is 0.671. The summed E-state index contributed by atoms with van der Waals surface area (Å²) in [6.07, 6.45) is 2.59. The van der Waals surface area contributed by atoms with E-state index in [2.05, 4.69) is 5.10 Å². The van der Waals surface area contributed by atoms with Gasteiger partial charge >= 0.3 is 0 Å². The first-order chi connectivity index (χ1) is 6.81. The van der Waals surface area contributed by atoms with Crippen LogP contribution in [0.15, 0.2) is 36.5 Å². The summed E-state index contributed by atoms with van der Waals surface area (Å²) in [7, 11) is 1.88. The van der Waals surface area contributed by atoms with Gasteiger partial charge in [-0.1, -0.05) is 18.2 Å². The molecule has 0 bridgehead atoms. The van der Waals surface area contributed by atoms with Crippen LogP contribution in [0, 0.1) is 0 Å². The Balaban J connectivity index is 2.52. The third-order valence-electron chi connectivity index (χ3n) is 2.14. The SMILES string of the molecule is Cn1nccc1-c1cccc(C=O)c1. The Morgan fingerprint density at radius 2 is 2.21 bits per heavy atom. The zero-order chi connectivity index (χ0) is 9.97. The number of carbonyl (C=O) groups is 1. The first-order valence-corrected chi connectivity index (χ1v) is 4.35. The Morgan fingerprint density at radius 1 is 1.36 bits per heavy atom. The first kappa shape index (κ1) is 8.69. The minimum atomic E-state index is 0.684. The fraction of sp³-hybridized carbons (Fsp3) is 0.0909. The molecule has 1 aromatic carbocycles. The zero-order valence-corrected chi connectivity index (χ0v) is 7.84. The smallest absolute Gasteiger partial charge is 0.150 e. The number of nitrogens with zero attached hydrogens (tertiary/aromatic N) is 2. The van der Waals surface area contributed by atoms with Crippen molar-refractivity contribution < 1.29 is 4.79 Å². The minimum Gasteiger partial charge on any atom is -0.298 e. The van der Waals surface area contributed by atoms with Crippen molar-refractivity contribution in [2.24, 2.45) is 7.05 Å². The first-order valence-electron chi connectivity index (χ1n) is 4.35. The molecule has 2 rings (SSSR count). The van der Waals surface area contributed by atoms with Crippen molar-refractivity contribution in [3.63, 3.8) is 0 Å². The highest BCUT2D eigenvalue weighted by molar-refractivity contribution is 5.78. The lowest BCUT2D eigenvalue weighted by atomic mass is 10.1. The van der Waals surface area contributed by atoms with Crippen molar-refractivity contribution in [1.29, 1.82) is 0 Å². The summed E-state index contributed by atoms with van der Waals surface area (Å²) in [5.41, 5.74) is 2.70. The van der Waals surface area contributed by atoms with E-state index in [1.807, 2.05) is 31.3 Å². The van der Waals surface area contributed by atoms with E-state index in [0.717, 1.165) is 17.5 Å². The van der Waals surface area contributed by atoms with Crippen molar-refractivity contribution in [1.82, 2.24) is 9.78 Å². The van der Waals surface area contributed by atoms with Gasteiger partial charge in [0.1, 0.15) is 6.29 Å². The van der Waals surface area contributed by atoms with E-state index >= 15 is 0 Å². The van der Waals surface area contributed by atoms with Gasteiger partial charge in [-0.15, -0.1) is 0 Å². The molecule has 0 N–H and O–H groups in total.